The molecule has 146 valence electrons. The van der Waals surface area contributed by atoms with E-state index in [9.17, 15) is 14.4 Å². The van der Waals surface area contributed by atoms with Gasteiger partial charge < -0.3 is 5.32 Å². The van der Waals surface area contributed by atoms with Gasteiger partial charge in [-0.1, -0.05) is 41.9 Å². The van der Waals surface area contributed by atoms with Gasteiger partial charge in [-0.15, -0.1) is 0 Å². The van der Waals surface area contributed by atoms with Crippen LogP contribution in [0.25, 0.3) is 11.8 Å². The number of rotatable bonds is 6. The van der Waals surface area contributed by atoms with E-state index in [-0.39, 0.29) is 16.5 Å². The van der Waals surface area contributed by atoms with Crippen molar-refractivity contribution in [2.45, 2.75) is 13.3 Å². The Morgan fingerprint density at radius 3 is 2.59 bits per heavy atom. The second-order valence-corrected chi connectivity index (χ2v) is 6.70. The van der Waals surface area contributed by atoms with Crippen LogP contribution in [0, 0.1) is 24.1 Å². The summed E-state index contributed by atoms with van der Waals surface area (Å²) in [6.45, 7) is 2.13. The van der Waals surface area contributed by atoms with Crippen LogP contribution in [0.5, 0.6) is 0 Å². The molecular formula is C22H18ClFN4O. The fourth-order valence-electron chi connectivity index (χ4n) is 2.78. The largest absolute Gasteiger partial charge is 0.351 e. The van der Waals surface area contributed by atoms with Crippen molar-refractivity contribution in [2.24, 2.45) is 0 Å². The highest BCUT2D eigenvalue weighted by Gasteiger charge is 2.16. The summed E-state index contributed by atoms with van der Waals surface area (Å²) >= 11 is 6.42. The van der Waals surface area contributed by atoms with Gasteiger partial charge in [0.25, 0.3) is 5.91 Å². The highest BCUT2D eigenvalue weighted by atomic mass is 35.5. The van der Waals surface area contributed by atoms with Crippen molar-refractivity contribution in [2.75, 3.05) is 6.54 Å². The molecule has 3 rings (SSSR count). The molecule has 2 aromatic carbocycles. The van der Waals surface area contributed by atoms with Crippen molar-refractivity contribution >= 4 is 23.6 Å². The van der Waals surface area contributed by atoms with Crippen LogP contribution in [0.4, 0.5) is 4.39 Å². The Bertz CT molecular complexity index is 1080. The van der Waals surface area contributed by atoms with E-state index >= 15 is 0 Å². The number of hydrogen-bond donors (Lipinski definition) is 1. The van der Waals surface area contributed by atoms with Crippen LogP contribution in [0.1, 0.15) is 16.8 Å². The number of carbonyl (C=O) groups excluding carboxylic acids is 1. The predicted molar refractivity (Wildman–Crippen MR) is 110 cm³/mol. The summed E-state index contributed by atoms with van der Waals surface area (Å²) in [4.78, 5) is 12.4. The zero-order chi connectivity index (χ0) is 20.8. The maximum atomic E-state index is 13.2. The third-order valence-corrected chi connectivity index (χ3v) is 4.68. The summed E-state index contributed by atoms with van der Waals surface area (Å²) in [6, 6.07) is 17.3. The summed E-state index contributed by atoms with van der Waals surface area (Å²) in [7, 11) is 0. The monoisotopic (exact) mass is 408 g/mol. The van der Waals surface area contributed by atoms with Gasteiger partial charge in [-0.25, -0.2) is 9.07 Å². The van der Waals surface area contributed by atoms with Crippen molar-refractivity contribution in [3.8, 4) is 11.8 Å². The Morgan fingerprint density at radius 2 is 1.93 bits per heavy atom. The first-order chi connectivity index (χ1) is 14.0. The van der Waals surface area contributed by atoms with Gasteiger partial charge in [0.05, 0.1) is 11.4 Å². The number of benzene rings is 2. The molecule has 0 radical (unpaired) electrons. The maximum absolute atomic E-state index is 13.2. The van der Waals surface area contributed by atoms with Crippen LogP contribution >= 0.6 is 11.6 Å². The highest BCUT2D eigenvalue weighted by Crippen LogP contribution is 2.26. The molecule has 0 unspecified atom stereocenters. The summed E-state index contributed by atoms with van der Waals surface area (Å²) < 4.78 is 14.6. The number of hydrogen-bond acceptors (Lipinski definition) is 3. The molecule has 0 spiro atoms. The second kappa shape index (κ2) is 9.18. The predicted octanol–water partition coefficient (Wildman–Crippen LogP) is 4.24. The average Bonchev–Trinajstić information content (AvgIpc) is 3.01. The Labute approximate surface area is 173 Å². The van der Waals surface area contributed by atoms with Crippen molar-refractivity contribution in [1.29, 1.82) is 5.26 Å². The summed E-state index contributed by atoms with van der Waals surface area (Å²) in [6.07, 6.45) is 2.08. The molecule has 0 fully saturated rings. The molecule has 0 bridgehead atoms. The minimum Gasteiger partial charge on any atom is -0.351 e. The zero-order valence-corrected chi connectivity index (χ0v) is 16.4. The molecule has 0 aliphatic rings. The Balaban J connectivity index is 1.77. The van der Waals surface area contributed by atoms with E-state index in [1.807, 2.05) is 36.4 Å². The van der Waals surface area contributed by atoms with Gasteiger partial charge in [0.15, 0.2) is 0 Å². The molecule has 1 aromatic heterocycles. The molecule has 1 N–H and O–H groups in total. The fraction of sp³-hybridized carbons (Fsp3) is 0.136. The zero-order valence-electron chi connectivity index (χ0n) is 15.7. The third kappa shape index (κ3) is 4.89. The van der Waals surface area contributed by atoms with Crippen molar-refractivity contribution in [1.82, 2.24) is 15.1 Å². The van der Waals surface area contributed by atoms with E-state index in [4.69, 9.17) is 11.6 Å². The normalized spacial score (nSPS) is 11.2. The van der Waals surface area contributed by atoms with E-state index in [2.05, 4.69) is 10.4 Å². The Morgan fingerprint density at radius 1 is 1.24 bits per heavy atom. The van der Waals surface area contributed by atoms with Crippen LogP contribution in [-0.4, -0.2) is 22.2 Å². The Hall–Kier alpha value is -3.43. The smallest absolute Gasteiger partial charge is 0.261 e. The van der Waals surface area contributed by atoms with Gasteiger partial charge in [-0.3, -0.25) is 4.79 Å². The molecule has 0 saturated carbocycles. The number of amides is 1. The topological polar surface area (TPSA) is 70.7 Å². The molecule has 0 saturated heterocycles. The number of carbonyl (C=O) groups is 1. The van der Waals surface area contributed by atoms with Crippen LogP contribution < -0.4 is 5.32 Å². The lowest BCUT2D eigenvalue weighted by molar-refractivity contribution is -0.117. The lowest BCUT2D eigenvalue weighted by Crippen LogP contribution is -2.26. The molecule has 7 heteroatoms. The van der Waals surface area contributed by atoms with Crippen LogP contribution in [-0.2, 0) is 11.2 Å². The minimum atomic E-state index is -0.478. The average molecular weight is 409 g/mol. The first-order valence-electron chi connectivity index (χ1n) is 8.94. The summed E-state index contributed by atoms with van der Waals surface area (Å²) in [5.74, 6) is -0.846. The van der Waals surface area contributed by atoms with Gasteiger partial charge in [0, 0.05) is 12.1 Å². The quantitative estimate of drug-likeness (QED) is 0.490. The Kier molecular flexibility index (Phi) is 6.43. The second-order valence-electron chi connectivity index (χ2n) is 6.34. The molecule has 0 atom stereocenters. The van der Waals surface area contributed by atoms with Gasteiger partial charge >= 0.3 is 0 Å². The minimum absolute atomic E-state index is 0.0679. The third-order valence-electron chi connectivity index (χ3n) is 4.32. The van der Waals surface area contributed by atoms with Crippen molar-refractivity contribution in [3.05, 3.63) is 88.0 Å². The molecule has 5 nitrogen and oxygen atoms in total. The number of nitrogens with zero attached hydrogens (tertiary/aromatic N) is 3. The molecule has 1 amide bonds. The van der Waals surface area contributed by atoms with Gasteiger partial charge in [0.1, 0.15) is 22.6 Å². The van der Waals surface area contributed by atoms with Gasteiger partial charge in [-0.2, -0.15) is 10.4 Å². The van der Waals surface area contributed by atoms with Crippen molar-refractivity contribution < 1.29 is 9.18 Å². The molecule has 1 heterocycles. The van der Waals surface area contributed by atoms with Crippen LogP contribution in [0.2, 0.25) is 5.15 Å². The molecule has 0 aliphatic heterocycles. The number of halogens is 2. The SMILES string of the molecule is Cc1nn(-c2ccc(F)cc2)c(Cl)c1/C=C(/C#N)C(=O)NCCc1ccccc1. The number of nitrogens with one attached hydrogen (secondary N) is 1. The lowest BCUT2D eigenvalue weighted by atomic mass is 10.1. The first-order valence-corrected chi connectivity index (χ1v) is 9.32. The van der Waals surface area contributed by atoms with E-state index in [1.165, 1.54) is 22.9 Å². The van der Waals surface area contributed by atoms with E-state index in [0.29, 0.717) is 29.9 Å². The lowest BCUT2D eigenvalue weighted by Gasteiger charge is -2.05. The van der Waals surface area contributed by atoms with Crippen molar-refractivity contribution in [3.63, 3.8) is 0 Å². The van der Waals surface area contributed by atoms with E-state index in [1.54, 1.807) is 19.1 Å². The van der Waals surface area contributed by atoms with Gasteiger partial charge in [-0.05, 0) is 49.2 Å². The fourth-order valence-corrected chi connectivity index (χ4v) is 3.11. The van der Waals surface area contributed by atoms with Crippen LogP contribution in [0.15, 0.2) is 60.2 Å². The summed E-state index contributed by atoms with van der Waals surface area (Å²) in [5.41, 5.74) is 2.61. The van der Waals surface area contributed by atoms with Crippen LogP contribution in [0.3, 0.4) is 0 Å². The van der Waals surface area contributed by atoms with Gasteiger partial charge in [0.2, 0.25) is 0 Å². The number of nitriles is 1. The highest BCUT2D eigenvalue weighted by molar-refractivity contribution is 6.31. The first kappa shape index (κ1) is 20.3. The van der Waals surface area contributed by atoms with E-state index < -0.39 is 5.91 Å². The number of aryl methyl sites for hydroxylation is 1. The molecule has 29 heavy (non-hydrogen) atoms. The molecular weight excluding hydrogens is 391 g/mol. The summed E-state index contributed by atoms with van der Waals surface area (Å²) in [5, 5.41) is 16.7. The molecule has 3 aromatic rings. The van der Waals surface area contributed by atoms with E-state index in [0.717, 1.165) is 5.56 Å². The molecule has 0 aliphatic carbocycles. The maximum Gasteiger partial charge on any atom is 0.261 e. The number of aromatic nitrogens is 2. The standard InChI is InChI=1S/C22H18ClFN4O/c1-15-20(21(23)28(27-15)19-9-7-18(24)8-10-19)13-17(14-25)22(29)26-12-11-16-5-3-2-4-6-16/h2-10,13H,11-12H2,1H3,(H,26,29)/b17-13-.